The average Bonchev–Trinajstić information content (AvgIpc) is 3.29. The van der Waals surface area contributed by atoms with Gasteiger partial charge in [0.15, 0.2) is 0 Å². The van der Waals surface area contributed by atoms with Crippen molar-refractivity contribution in [3.05, 3.63) is 202 Å². The molecule has 0 heterocycles. The van der Waals surface area contributed by atoms with Crippen molar-refractivity contribution in [3.8, 4) is 11.5 Å². The van der Waals surface area contributed by atoms with E-state index in [-0.39, 0.29) is 38.5 Å². The predicted molar refractivity (Wildman–Crippen MR) is 272 cm³/mol. The summed E-state index contributed by atoms with van der Waals surface area (Å²) in [5.41, 5.74) is 9.58. The zero-order chi connectivity index (χ0) is 45.1. The molecular formula is C59H78N2O3V. The van der Waals surface area contributed by atoms with E-state index in [0.717, 1.165) is 54.1 Å². The Bertz CT molecular complexity index is 2160. The smallest absolute Gasteiger partial charge is 0.123 e. The molecule has 6 heteroatoms. The van der Waals surface area contributed by atoms with Crippen LogP contribution in [0.25, 0.3) is 0 Å². The van der Waals surface area contributed by atoms with Gasteiger partial charge in [-0.1, -0.05) is 153 Å². The van der Waals surface area contributed by atoms with Gasteiger partial charge in [-0.2, -0.15) is 0 Å². The standard InChI is InChI=1S/C29H37NO2.C29H37NO.CH4.V/c1-22(2)30(23(3)4)18-17-27(26-13-9-6-10-14-26)28-19-25(20-31)15-16-29(28)32-21-24-11-7-5-8-12-24;1-22(2)30(23(3)4)19-18-27(26-14-10-7-11-15-26)28-20-24(5)16-17-29(28)31-21-25-12-8-6-9-13-25;;/h5-16,19,22-23,27,31H,17-18,20-21H2,1-4H3;6-17,20,22-23,27H,18-19,21H2,1-5H3;1H4;/t2*27-;;/m11../s1. The van der Waals surface area contributed by atoms with E-state index < -0.39 is 0 Å². The fraction of sp³-hybridized carbons (Fsp3) is 0.390. The minimum atomic E-state index is 0. The summed E-state index contributed by atoms with van der Waals surface area (Å²) in [5.74, 6) is 2.37. The molecule has 5 nitrogen and oxygen atoms in total. The molecule has 0 aliphatic carbocycles. The summed E-state index contributed by atoms with van der Waals surface area (Å²) in [5, 5.41) is 9.83. The summed E-state index contributed by atoms with van der Waals surface area (Å²) in [6.07, 6.45) is 2.04. The molecule has 0 aliphatic rings. The third-order valence-electron chi connectivity index (χ3n) is 12.1. The Balaban J connectivity index is 0.000000335. The first-order valence-electron chi connectivity index (χ1n) is 23.2. The molecule has 6 aromatic rings. The van der Waals surface area contributed by atoms with Crippen molar-refractivity contribution >= 4 is 0 Å². The van der Waals surface area contributed by atoms with Crippen LogP contribution in [0.4, 0.5) is 0 Å². The Labute approximate surface area is 406 Å². The molecule has 0 unspecified atom stereocenters. The van der Waals surface area contributed by atoms with Crippen LogP contribution in [0.5, 0.6) is 11.5 Å². The number of rotatable bonds is 21. The van der Waals surface area contributed by atoms with E-state index in [1.54, 1.807) is 0 Å². The van der Waals surface area contributed by atoms with Crippen LogP contribution in [-0.4, -0.2) is 52.2 Å². The molecule has 6 aromatic carbocycles. The first kappa shape index (κ1) is 54.7. The van der Waals surface area contributed by atoms with Gasteiger partial charge in [0.05, 0.1) is 6.61 Å². The Morgan fingerprint density at radius 1 is 0.446 bits per heavy atom. The number of hydrogen-bond donors (Lipinski definition) is 1. The van der Waals surface area contributed by atoms with Crippen molar-refractivity contribution in [1.29, 1.82) is 0 Å². The summed E-state index contributed by atoms with van der Waals surface area (Å²) in [7, 11) is 0. The molecule has 0 aromatic heterocycles. The zero-order valence-electron chi connectivity index (χ0n) is 40.0. The van der Waals surface area contributed by atoms with Gasteiger partial charge in [0, 0.05) is 65.7 Å². The molecule has 1 N–H and O–H groups in total. The number of aliphatic hydroxyl groups excluding tert-OH is 1. The topological polar surface area (TPSA) is 45.2 Å². The van der Waals surface area contributed by atoms with E-state index in [9.17, 15) is 5.11 Å². The molecule has 0 amide bonds. The minimum absolute atomic E-state index is 0. The largest absolute Gasteiger partial charge is 0.489 e. The number of aryl methyl sites for hydroxylation is 1. The Hall–Kier alpha value is -4.62. The molecular weight excluding hydrogens is 836 g/mol. The number of benzene rings is 6. The third kappa shape index (κ3) is 17.0. The predicted octanol–water partition coefficient (Wildman–Crippen LogP) is 14.2. The van der Waals surface area contributed by atoms with Crippen LogP contribution in [-0.2, 0) is 38.4 Å². The van der Waals surface area contributed by atoms with Gasteiger partial charge in [0.1, 0.15) is 24.7 Å². The molecule has 0 saturated carbocycles. The molecule has 2 atom stereocenters. The molecule has 1 radical (unpaired) electrons. The first-order valence-corrected chi connectivity index (χ1v) is 23.2. The van der Waals surface area contributed by atoms with Crippen LogP contribution in [0.2, 0.25) is 0 Å². The second kappa shape index (κ2) is 28.4. The average molecular weight is 914 g/mol. The normalized spacial score (nSPS) is 12.1. The van der Waals surface area contributed by atoms with Gasteiger partial charge in [-0.05, 0) is 134 Å². The summed E-state index contributed by atoms with van der Waals surface area (Å²) in [6, 6.07) is 57.0. The summed E-state index contributed by atoms with van der Waals surface area (Å²) in [4.78, 5) is 5.12. The molecule has 0 fully saturated rings. The molecule has 347 valence electrons. The van der Waals surface area contributed by atoms with Crippen molar-refractivity contribution in [2.24, 2.45) is 0 Å². The van der Waals surface area contributed by atoms with E-state index in [1.807, 2.05) is 36.4 Å². The maximum absolute atomic E-state index is 9.83. The number of nitrogens with zero attached hydrogens (tertiary/aromatic N) is 2. The summed E-state index contributed by atoms with van der Waals surface area (Å²) < 4.78 is 12.7. The molecule has 0 bridgehead atoms. The summed E-state index contributed by atoms with van der Waals surface area (Å²) in [6.45, 7) is 23.6. The quantitative estimate of drug-likeness (QED) is 0.0779. The Morgan fingerprint density at radius 3 is 1.17 bits per heavy atom. The van der Waals surface area contributed by atoms with Gasteiger partial charge >= 0.3 is 0 Å². The summed E-state index contributed by atoms with van der Waals surface area (Å²) >= 11 is 0. The molecule has 0 aliphatic heterocycles. The van der Waals surface area contributed by atoms with Crippen LogP contribution in [0.1, 0.15) is 132 Å². The fourth-order valence-electron chi connectivity index (χ4n) is 8.80. The van der Waals surface area contributed by atoms with Crippen molar-refractivity contribution in [1.82, 2.24) is 9.80 Å². The SMILES string of the molecule is C.CC(C)N(CC[C@H](c1ccccc1)c1cc(CO)ccc1OCc1ccccc1)C(C)C.Cc1ccc(OCc2ccccc2)c([C@H](CCN(C(C)C)C(C)C)c2ccccc2)c1.[V]. The molecule has 6 rings (SSSR count). The third-order valence-corrected chi connectivity index (χ3v) is 12.1. The van der Waals surface area contributed by atoms with Crippen LogP contribution in [0.3, 0.4) is 0 Å². The van der Waals surface area contributed by atoms with E-state index >= 15 is 0 Å². The van der Waals surface area contributed by atoms with E-state index in [1.165, 1.54) is 27.8 Å². The minimum Gasteiger partial charge on any atom is -0.489 e. The van der Waals surface area contributed by atoms with Crippen LogP contribution < -0.4 is 9.47 Å². The monoisotopic (exact) mass is 914 g/mol. The van der Waals surface area contributed by atoms with E-state index in [2.05, 4.69) is 193 Å². The van der Waals surface area contributed by atoms with Gasteiger partial charge in [-0.15, -0.1) is 0 Å². The van der Waals surface area contributed by atoms with Gasteiger partial charge in [0.25, 0.3) is 0 Å². The van der Waals surface area contributed by atoms with Gasteiger partial charge in [-0.3, -0.25) is 9.80 Å². The van der Waals surface area contributed by atoms with Crippen molar-refractivity contribution in [3.63, 3.8) is 0 Å². The second-order valence-electron chi connectivity index (χ2n) is 18.0. The number of hydrogen-bond acceptors (Lipinski definition) is 5. The van der Waals surface area contributed by atoms with Crippen LogP contribution >= 0.6 is 0 Å². The second-order valence-corrected chi connectivity index (χ2v) is 18.0. The Kier molecular flexibility index (Phi) is 23.9. The number of aliphatic hydroxyl groups is 1. The maximum atomic E-state index is 9.83. The van der Waals surface area contributed by atoms with Crippen LogP contribution in [0.15, 0.2) is 158 Å². The Morgan fingerprint density at radius 2 is 0.800 bits per heavy atom. The van der Waals surface area contributed by atoms with Gasteiger partial charge < -0.3 is 14.6 Å². The molecule has 0 saturated heterocycles. The molecule has 65 heavy (non-hydrogen) atoms. The van der Waals surface area contributed by atoms with E-state index in [4.69, 9.17) is 9.47 Å². The van der Waals surface area contributed by atoms with Crippen LogP contribution in [0, 0.1) is 6.92 Å². The zero-order valence-corrected chi connectivity index (χ0v) is 41.4. The van der Waals surface area contributed by atoms with Crippen molar-refractivity contribution < 1.29 is 33.1 Å². The molecule has 0 spiro atoms. The van der Waals surface area contributed by atoms with Gasteiger partial charge in [0.2, 0.25) is 0 Å². The number of ether oxygens (including phenoxy) is 2. The van der Waals surface area contributed by atoms with Gasteiger partial charge in [-0.25, -0.2) is 0 Å². The maximum Gasteiger partial charge on any atom is 0.123 e. The van der Waals surface area contributed by atoms with E-state index in [0.29, 0.717) is 43.3 Å². The van der Waals surface area contributed by atoms with Crippen molar-refractivity contribution in [2.75, 3.05) is 13.1 Å². The van der Waals surface area contributed by atoms with Crippen molar-refractivity contribution in [2.45, 2.75) is 138 Å². The first-order chi connectivity index (χ1) is 30.4. The fourth-order valence-corrected chi connectivity index (χ4v) is 8.80.